The number of fused-ring (bicyclic) bond motifs is 1. The number of carbonyl (C=O) groups is 2. The van der Waals surface area contributed by atoms with Crippen LogP contribution in [0.3, 0.4) is 0 Å². The number of nitrogens with zero attached hydrogens (tertiary/aromatic N) is 3. The molecule has 198 valence electrons. The zero-order valence-corrected chi connectivity index (χ0v) is 21.4. The predicted molar refractivity (Wildman–Crippen MR) is 132 cm³/mol. The Hall–Kier alpha value is -1.62. The fraction of sp³-hybridized carbons (Fsp3) is 0.920. The Kier molecular flexibility index (Phi) is 8.01. The monoisotopic (exact) mass is 492 g/mol. The molecule has 5 aliphatic rings. The summed E-state index contributed by atoms with van der Waals surface area (Å²) in [5, 5.41) is 9.27. The molecule has 4 heterocycles. The molecule has 0 aromatic heterocycles. The second-order valence-electron chi connectivity index (χ2n) is 11.2. The predicted octanol–water partition coefficient (Wildman–Crippen LogP) is 1.37. The standard InChI is InChI=1S/C25H44N6O4/c1-17-15-29(24(32)35-21-4-3-9-27-14-21)23-12-18(5-6-22(23)31(17)25(33)34-2)19-13-28-30(16-19)20-7-10-26-11-8-20/h17-23,26-28H,3-16H2,1-2H3/t17-,18?,19?,21?,22?,23?/m0/s1. The molecule has 1 aliphatic carbocycles. The van der Waals surface area contributed by atoms with Gasteiger partial charge in [-0.2, -0.15) is 0 Å². The molecule has 10 nitrogen and oxygen atoms in total. The van der Waals surface area contributed by atoms with Gasteiger partial charge < -0.3 is 25.0 Å². The van der Waals surface area contributed by atoms with Crippen molar-refractivity contribution in [1.29, 1.82) is 0 Å². The van der Waals surface area contributed by atoms with Crippen molar-refractivity contribution < 1.29 is 19.1 Å². The van der Waals surface area contributed by atoms with E-state index in [1.807, 2.05) is 16.7 Å². The highest BCUT2D eigenvalue weighted by molar-refractivity contribution is 5.72. The minimum absolute atomic E-state index is 0.0191. The molecule has 10 heteroatoms. The van der Waals surface area contributed by atoms with Gasteiger partial charge >= 0.3 is 12.2 Å². The summed E-state index contributed by atoms with van der Waals surface area (Å²) in [6.07, 6.45) is 6.63. The van der Waals surface area contributed by atoms with Gasteiger partial charge in [-0.25, -0.2) is 14.6 Å². The average molecular weight is 493 g/mol. The first-order valence-corrected chi connectivity index (χ1v) is 13.8. The maximum absolute atomic E-state index is 13.4. The van der Waals surface area contributed by atoms with Gasteiger partial charge in [0.15, 0.2) is 0 Å². The van der Waals surface area contributed by atoms with Gasteiger partial charge in [0.05, 0.1) is 25.2 Å². The summed E-state index contributed by atoms with van der Waals surface area (Å²) in [6.45, 7) is 8.47. The smallest absolute Gasteiger partial charge is 0.410 e. The molecule has 5 rings (SSSR count). The number of rotatable bonds is 3. The van der Waals surface area contributed by atoms with E-state index in [4.69, 9.17) is 9.47 Å². The molecule has 3 N–H and O–H groups in total. The van der Waals surface area contributed by atoms with Gasteiger partial charge in [0, 0.05) is 32.2 Å². The van der Waals surface area contributed by atoms with Crippen molar-refractivity contribution in [2.75, 3.05) is 52.9 Å². The lowest BCUT2D eigenvalue weighted by Gasteiger charge is -2.53. The first-order chi connectivity index (χ1) is 17.0. The molecule has 0 spiro atoms. The molecule has 0 bridgehead atoms. The topological polar surface area (TPSA) is 98.4 Å². The van der Waals surface area contributed by atoms with Gasteiger partial charge in [0.25, 0.3) is 0 Å². The highest BCUT2D eigenvalue weighted by atomic mass is 16.6. The van der Waals surface area contributed by atoms with Gasteiger partial charge in [-0.3, -0.25) is 10.3 Å². The van der Waals surface area contributed by atoms with Crippen molar-refractivity contribution in [3.63, 3.8) is 0 Å². The maximum Gasteiger partial charge on any atom is 0.410 e. The highest BCUT2D eigenvalue weighted by Gasteiger charge is 2.50. The number of amides is 2. The molecule has 0 aromatic carbocycles. The number of ether oxygens (including phenoxy) is 2. The molecular weight excluding hydrogens is 448 g/mol. The molecule has 0 aromatic rings. The number of piperidine rings is 2. The average Bonchev–Trinajstić information content (AvgIpc) is 3.39. The van der Waals surface area contributed by atoms with Crippen LogP contribution in [0, 0.1) is 11.8 Å². The number of carbonyl (C=O) groups excluding carboxylic acids is 2. The van der Waals surface area contributed by atoms with E-state index in [1.54, 1.807) is 0 Å². The first kappa shape index (κ1) is 25.0. The molecule has 35 heavy (non-hydrogen) atoms. The Morgan fingerprint density at radius 2 is 1.69 bits per heavy atom. The Morgan fingerprint density at radius 3 is 2.43 bits per heavy atom. The van der Waals surface area contributed by atoms with Crippen LogP contribution in [0.25, 0.3) is 0 Å². The Labute approximate surface area is 209 Å². The number of hydrazine groups is 1. The van der Waals surface area contributed by atoms with Crippen LogP contribution in [0.15, 0.2) is 0 Å². The summed E-state index contributed by atoms with van der Waals surface area (Å²) in [6, 6.07) is 0.467. The third kappa shape index (κ3) is 5.40. The van der Waals surface area contributed by atoms with Crippen LogP contribution < -0.4 is 16.1 Å². The van der Waals surface area contributed by atoms with Crippen molar-refractivity contribution in [2.24, 2.45) is 11.8 Å². The van der Waals surface area contributed by atoms with Crippen LogP contribution in [0.5, 0.6) is 0 Å². The molecule has 1 saturated carbocycles. The van der Waals surface area contributed by atoms with E-state index in [0.29, 0.717) is 24.4 Å². The lowest BCUT2D eigenvalue weighted by molar-refractivity contribution is -0.0481. The summed E-state index contributed by atoms with van der Waals surface area (Å²) in [5.41, 5.74) is 3.69. The van der Waals surface area contributed by atoms with Crippen LogP contribution >= 0.6 is 0 Å². The summed E-state index contributed by atoms with van der Waals surface area (Å²) in [5.74, 6) is 1.09. The summed E-state index contributed by atoms with van der Waals surface area (Å²) in [7, 11) is 1.45. The number of nitrogens with one attached hydrogen (secondary N) is 3. The molecule has 6 atom stereocenters. The second kappa shape index (κ2) is 11.2. The fourth-order valence-electron chi connectivity index (χ4n) is 7.17. The molecular formula is C25H44N6O4. The minimum atomic E-state index is -0.282. The van der Waals surface area contributed by atoms with E-state index in [9.17, 15) is 9.59 Å². The number of hydrogen-bond donors (Lipinski definition) is 3. The minimum Gasteiger partial charge on any atom is -0.453 e. The third-order valence-corrected chi connectivity index (χ3v) is 9.06. The highest BCUT2D eigenvalue weighted by Crippen LogP contribution is 2.40. The van der Waals surface area contributed by atoms with Crippen molar-refractivity contribution in [1.82, 2.24) is 30.9 Å². The van der Waals surface area contributed by atoms with Gasteiger partial charge in [-0.15, -0.1) is 0 Å². The van der Waals surface area contributed by atoms with Crippen LogP contribution in [0.4, 0.5) is 9.59 Å². The van der Waals surface area contributed by atoms with Gasteiger partial charge in [-0.1, -0.05) is 0 Å². The number of methoxy groups -OCH3 is 1. The molecule has 5 fully saturated rings. The fourth-order valence-corrected chi connectivity index (χ4v) is 7.17. The number of piperazine rings is 1. The molecule has 5 unspecified atom stereocenters. The zero-order valence-electron chi connectivity index (χ0n) is 21.4. The molecule has 4 aliphatic heterocycles. The van der Waals surface area contributed by atoms with Crippen LogP contribution in [0.1, 0.15) is 51.9 Å². The van der Waals surface area contributed by atoms with Gasteiger partial charge in [-0.05, 0) is 83.3 Å². The summed E-state index contributed by atoms with van der Waals surface area (Å²) in [4.78, 5) is 30.0. The lowest BCUT2D eigenvalue weighted by atomic mass is 9.73. The molecule has 4 saturated heterocycles. The summed E-state index contributed by atoms with van der Waals surface area (Å²) >= 11 is 0. The quantitative estimate of drug-likeness (QED) is 0.544. The van der Waals surface area contributed by atoms with Crippen molar-refractivity contribution in [3.8, 4) is 0 Å². The Morgan fingerprint density at radius 1 is 0.857 bits per heavy atom. The Balaban J connectivity index is 1.28. The van der Waals surface area contributed by atoms with E-state index < -0.39 is 0 Å². The van der Waals surface area contributed by atoms with Crippen LogP contribution in [0.2, 0.25) is 0 Å². The van der Waals surface area contributed by atoms with Gasteiger partial charge in [0.1, 0.15) is 6.10 Å². The van der Waals surface area contributed by atoms with Crippen molar-refractivity contribution in [3.05, 3.63) is 0 Å². The van der Waals surface area contributed by atoms with E-state index in [2.05, 4.69) is 21.1 Å². The normalized spacial score (nSPS) is 37.1. The first-order valence-electron chi connectivity index (χ1n) is 13.8. The van der Waals surface area contributed by atoms with Crippen LogP contribution in [-0.2, 0) is 9.47 Å². The molecule has 2 amide bonds. The van der Waals surface area contributed by atoms with E-state index >= 15 is 0 Å². The number of hydrogen-bond acceptors (Lipinski definition) is 8. The second-order valence-corrected chi connectivity index (χ2v) is 11.2. The summed E-state index contributed by atoms with van der Waals surface area (Å²) < 4.78 is 11.1. The Bertz CT molecular complexity index is 743. The third-order valence-electron chi connectivity index (χ3n) is 9.06. The lowest BCUT2D eigenvalue weighted by Crippen LogP contribution is -2.67. The molecule has 0 radical (unpaired) electrons. The van der Waals surface area contributed by atoms with E-state index in [0.717, 1.165) is 71.4 Å². The van der Waals surface area contributed by atoms with Crippen molar-refractivity contribution in [2.45, 2.75) is 82.1 Å². The largest absolute Gasteiger partial charge is 0.453 e. The zero-order chi connectivity index (χ0) is 24.4. The van der Waals surface area contributed by atoms with E-state index in [-0.39, 0.29) is 36.4 Å². The van der Waals surface area contributed by atoms with Crippen molar-refractivity contribution >= 4 is 12.2 Å². The maximum atomic E-state index is 13.4. The van der Waals surface area contributed by atoms with Crippen LogP contribution in [-0.4, -0.2) is 110 Å². The SMILES string of the molecule is COC(=O)N1C2CCC(C3CNN(C4CCNCC4)C3)CC2N(C(=O)OC2CCCNC2)C[C@@H]1C. The van der Waals surface area contributed by atoms with Gasteiger partial charge in [0.2, 0.25) is 0 Å². The van der Waals surface area contributed by atoms with E-state index in [1.165, 1.54) is 20.0 Å².